The lowest BCUT2D eigenvalue weighted by molar-refractivity contribution is -0.121. The number of hydrogen-bond acceptors (Lipinski definition) is 6. The zero-order valence-electron chi connectivity index (χ0n) is 19.6. The number of hydrogen-bond donors (Lipinski definition) is 1. The highest BCUT2D eigenvalue weighted by Crippen LogP contribution is 2.49. The summed E-state index contributed by atoms with van der Waals surface area (Å²) in [7, 11) is 4.63. The van der Waals surface area contributed by atoms with Crippen molar-refractivity contribution in [1.29, 1.82) is 0 Å². The Morgan fingerprint density at radius 1 is 1.00 bits per heavy atom. The van der Waals surface area contributed by atoms with Gasteiger partial charge in [0.05, 0.1) is 31.0 Å². The third kappa shape index (κ3) is 4.07. The molecule has 2 heterocycles. The molecule has 1 N–H and O–H groups in total. The summed E-state index contributed by atoms with van der Waals surface area (Å²) >= 11 is 0. The van der Waals surface area contributed by atoms with Crippen LogP contribution in [-0.2, 0) is 9.53 Å². The van der Waals surface area contributed by atoms with E-state index in [9.17, 15) is 14.4 Å². The molecule has 0 aliphatic carbocycles. The summed E-state index contributed by atoms with van der Waals surface area (Å²) in [6.07, 6.45) is 0.864. The van der Waals surface area contributed by atoms with Gasteiger partial charge < -0.3 is 24.4 Å². The van der Waals surface area contributed by atoms with Crippen LogP contribution < -0.4 is 19.7 Å². The molecule has 2 aromatic rings. The lowest BCUT2D eigenvalue weighted by atomic mass is 10.0. The average Bonchev–Trinajstić information content (AvgIpc) is 3.15. The van der Waals surface area contributed by atoms with E-state index >= 15 is 0 Å². The summed E-state index contributed by atoms with van der Waals surface area (Å²) < 4.78 is 15.9. The van der Waals surface area contributed by atoms with Gasteiger partial charge in [0, 0.05) is 38.8 Å². The van der Waals surface area contributed by atoms with Crippen LogP contribution in [0.25, 0.3) is 0 Å². The lowest BCUT2D eigenvalue weighted by Gasteiger charge is -2.41. The van der Waals surface area contributed by atoms with Crippen LogP contribution in [0.3, 0.4) is 0 Å². The van der Waals surface area contributed by atoms with Crippen molar-refractivity contribution >= 4 is 23.4 Å². The molecule has 180 valence electrons. The molecular weight excluding hydrogens is 438 g/mol. The molecule has 34 heavy (non-hydrogen) atoms. The van der Waals surface area contributed by atoms with Gasteiger partial charge >= 0.3 is 0 Å². The van der Waals surface area contributed by atoms with Crippen LogP contribution in [0, 0.1) is 0 Å². The second-order valence-corrected chi connectivity index (χ2v) is 8.13. The van der Waals surface area contributed by atoms with Gasteiger partial charge in [-0.05, 0) is 31.0 Å². The van der Waals surface area contributed by atoms with Crippen molar-refractivity contribution in [3.63, 3.8) is 0 Å². The number of amides is 3. The van der Waals surface area contributed by atoms with Gasteiger partial charge in [0.2, 0.25) is 5.91 Å². The van der Waals surface area contributed by atoms with E-state index in [4.69, 9.17) is 14.2 Å². The average molecular weight is 468 g/mol. The number of nitrogens with zero attached hydrogens (tertiary/aromatic N) is 2. The highest BCUT2D eigenvalue weighted by atomic mass is 16.5. The second kappa shape index (κ2) is 10.1. The number of nitrogens with one attached hydrogen (secondary N) is 1. The smallest absolute Gasteiger partial charge is 0.264 e. The Morgan fingerprint density at radius 2 is 1.79 bits per heavy atom. The molecule has 0 aromatic heterocycles. The van der Waals surface area contributed by atoms with Crippen LogP contribution in [-0.4, -0.2) is 63.6 Å². The third-order valence-electron chi connectivity index (χ3n) is 6.13. The van der Waals surface area contributed by atoms with E-state index in [2.05, 4.69) is 5.32 Å². The number of benzene rings is 2. The fourth-order valence-corrected chi connectivity index (χ4v) is 4.59. The van der Waals surface area contributed by atoms with Gasteiger partial charge in [-0.2, -0.15) is 0 Å². The predicted molar refractivity (Wildman–Crippen MR) is 125 cm³/mol. The highest BCUT2D eigenvalue weighted by molar-refractivity contribution is 6.18. The zero-order valence-corrected chi connectivity index (χ0v) is 19.6. The molecule has 3 amide bonds. The van der Waals surface area contributed by atoms with E-state index in [-0.39, 0.29) is 24.1 Å². The van der Waals surface area contributed by atoms with Crippen molar-refractivity contribution in [2.45, 2.75) is 25.4 Å². The first-order chi connectivity index (χ1) is 16.5. The maximum absolute atomic E-state index is 13.6. The maximum Gasteiger partial charge on any atom is 0.264 e. The summed E-state index contributed by atoms with van der Waals surface area (Å²) in [5, 5.41) is 2.86. The summed E-state index contributed by atoms with van der Waals surface area (Å²) in [6.45, 7) is 1.45. The fourth-order valence-electron chi connectivity index (χ4n) is 4.59. The first kappa shape index (κ1) is 23.6. The van der Waals surface area contributed by atoms with Gasteiger partial charge in [0.25, 0.3) is 11.8 Å². The monoisotopic (exact) mass is 467 g/mol. The van der Waals surface area contributed by atoms with E-state index in [0.717, 1.165) is 6.42 Å². The summed E-state index contributed by atoms with van der Waals surface area (Å²) in [5.74, 6) is 0.293. The lowest BCUT2D eigenvalue weighted by Crippen LogP contribution is -2.48. The molecule has 0 fully saturated rings. The predicted octanol–water partition coefficient (Wildman–Crippen LogP) is 2.75. The van der Waals surface area contributed by atoms with Crippen LogP contribution in [0.4, 0.5) is 5.69 Å². The number of ether oxygens (including phenoxy) is 3. The molecule has 4 rings (SSSR count). The molecule has 2 aromatic carbocycles. The van der Waals surface area contributed by atoms with Crippen molar-refractivity contribution < 1.29 is 28.6 Å². The van der Waals surface area contributed by atoms with Crippen LogP contribution in [0.1, 0.15) is 51.7 Å². The first-order valence-corrected chi connectivity index (χ1v) is 11.3. The van der Waals surface area contributed by atoms with Crippen molar-refractivity contribution in [3.8, 4) is 11.5 Å². The van der Waals surface area contributed by atoms with Crippen molar-refractivity contribution in [2.24, 2.45) is 0 Å². The molecule has 0 unspecified atom stereocenters. The third-order valence-corrected chi connectivity index (χ3v) is 6.13. The number of carbonyl (C=O) groups is 3. The molecule has 2 aliphatic rings. The number of carbonyl (C=O) groups excluding carboxylic acids is 3. The van der Waals surface area contributed by atoms with Crippen LogP contribution in [0.15, 0.2) is 36.4 Å². The Balaban J connectivity index is 1.62. The van der Waals surface area contributed by atoms with Crippen LogP contribution in [0.5, 0.6) is 11.5 Å². The fraction of sp³-hybridized carbons (Fsp3) is 0.400. The zero-order chi connectivity index (χ0) is 24.2. The van der Waals surface area contributed by atoms with Gasteiger partial charge in [-0.25, -0.2) is 0 Å². The van der Waals surface area contributed by atoms with Crippen molar-refractivity contribution in [3.05, 3.63) is 53.1 Å². The largest absolute Gasteiger partial charge is 0.493 e. The quantitative estimate of drug-likeness (QED) is 0.540. The minimum Gasteiger partial charge on any atom is -0.493 e. The summed E-state index contributed by atoms with van der Waals surface area (Å²) in [5.41, 5.74) is 2.08. The van der Waals surface area contributed by atoms with E-state index in [1.165, 1.54) is 14.2 Å². The standard InChI is InChI=1S/C25H29N3O6/c1-32-15-7-13-26-20(29)10-6-14-27-23-17-11-12-19(33-2)22(34-3)21(17)25(31)28(23)18-9-5-4-8-16(18)24(27)30/h4-5,8-9,11-12,23H,6-7,10,13-15H2,1-3H3,(H,26,29)/t23-/m0/s1. The summed E-state index contributed by atoms with van der Waals surface area (Å²) in [4.78, 5) is 42.6. The first-order valence-electron chi connectivity index (χ1n) is 11.3. The van der Waals surface area contributed by atoms with Gasteiger partial charge in [-0.1, -0.05) is 18.2 Å². The van der Waals surface area contributed by atoms with Crippen molar-refractivity contribution in [2.75, 3.05) is 45.9 Å². The van der Waals surface area contributed by atoms with Gasteiger partial charge in [-0.3, -0.25) is 19.3 Å². The topological polar surface area (TPSA) is 97.4 Å². The van der Waals surface area contributed by atoms with Gasteiger partial charge in [-0.15, -0.1) is 0 Å². The molecule has 9 heteroatoms. The Kier molecular flexibility index (Phi) is 7.02. The molecule has 9 nitrogen and oxygen atoms in total. The normalized spacial score (nSPS) is 16.1. The SMILES string of the molecule is COCCCNC(=O)CCCN1C(=O)c2ccccc2N2C(=O)c3c(ccc(OC)c3OC)[C@@H]12. The number of fused-ring (bicyclic) bond motifs is 5. The van der Waals surface area contributed by atoms with Gasteiger partial charge in [0.1, 0.15) is 6.17 Å². The molecular formula is C25H29N3O6. The van der Waals surface area contributed by atoms with E-state index < -0.39 is 6.17 Å². The Labute approximate surface area is 198 Å². The molecule has 0 bridgehead atoms. The highest BCUT2D eigenvalue weighted by Gasteiger charge is 2.49. The Hall–Kier alpha value is -3.59. The number of para-hydroxylation sites is 1. The number of anilines is 1. The number of rotatable bonds is 10. The Morgan fingerprint density at radius 3 is 2.53 bits per heavy atom. The minimum absolute atomic E-state index is 0.0767. The minimum atomic E-state index is -0.616. The molecule has 2 aliphatic heterocycles. The van der Waals surface area contributed by atoms with Gasteiger partial charge in [0.15, 0.2) is 11.5 Å². The molecule has 0 spiro atoms. The van der Waals surface area contributed by atoms with Crippen LogP contribution in [0.2, 0.25) is 0 Å². The molecule has 0 saturated heterocycles. The summed E-state index contributed by atoms with van der Waals surface area (Å²) in [6, 6.07) is 10.6. The maximum atomic E-state index is 13.6. The second-order valence-electron chi connectivity index (χ2n) is 8.13. The molecule has 0 saturated carbocycles. The number of methoxy groups -OCH3 is 3. The Bertz CT molecular complexity index is 1100. The van der Waals surface area contributed by atoms with E-state index in [0.29, 0.717) is 60.0 Å². The molecule has 0 radical (unpaired) electrons. The molecule has 1 atom stereocenters. The van der Waals surface area contributed by atoms with E-state index in [1.54, 1.807) is 53.3 Å². The van der Waals surface area contributed by atoms with Crippen LogP contribution >= 0.6 is 0 Å². The van der Waals surface area contributed by atoms with Crippen molar-refractivity contribution in [1.82, 2.24) is 10.2 Å². The van der Waals surface area contributed by atoms with E-state index in [1.807, 2.05) is 0 Å².